The number of oxazole rings is 1. The van der Waals surface area contributed by atoms with Crippen molar-refractivity contribution in [2.24, 2.45) is 0 Å². The first kappa shape index (κ1) is 13.3. The van der Waals surface area contributed by atoms with Crippen LogP contribution in [0, 0.1) is 0 Å². The van der Waals surface area contributed by atoms with Crippen LogP contribution in [-0.4, -0.2) is 9.97 Å². The summed E-state index contributed by atoms with van der Waals surface area (Å²) < 4.78 is 5.08. The van der Waals surface area contributed by atoms with E-state index in [0.29, 0.717) is 0 Å². The third-order valence-corrected chi connectivity index (χ3v) is 4.65. The van der Waals surface area contributed by atoms with Crippen LogP contribution in [0.2, 0.25) is 0 Å². The molecule has 0 spiro atoms. The first-order chi connectivity index (χ1) is 8.42. The Morgan fingerprint density at radius 1 is 1.11 bits per heavy atom. The summed E-state index contributed by atoms with van der Waals surface area (Å²) in [7, 11) is 0. The third kappa shape index (κ3) is 2.80. The summed E-state index contributed by atoms with van der Waals surface area (Å²) in [5.74, 6) is 0. The highest BCUT2D eigenvalue weighted by atomic mass is 32.1. The summed E-state index contributed by atoms with van der Waals surface area (Å²) in [5, 5.41) is 3.25. The molecule has 0 unspecified atom stereocenters. The van der Waals surface area contributed by atoms with E-state index in [4.69, 9.17) is 4.42 Å². The Hall–Kier alpha value is -1.16. The maximum atomic E-state index is 5.08. The van der Waals surface area contributed by atoms with E-state index in [0.717, 1.165) is 18.5 Å². The zero-order valence-electron chi connectivity index (χ0n) is 11.4. The van der Waals surface area contributed by atoms with Crippen LogP contribution in [0.3, 0.4) is 0 Å². The van der Waals surface area contributed by atoms with Gasteiger partial charge in [-0.3, -0.25) is 0 Å². The molecular formula is C14H20N2OS. The van der Waals surface area contributed by atoms with Crippen molar-refractivity contribution in [3.05, 3.63) is 34.9 Å². The number of thiazole rings is 1. The van der Waals surface area contributed by atoms with Gasteiger partial charge in [0.1, 0.15) is 6.26 Å². The second-order valence-corrected chi connectivity index (χ2v) is 6.87. The average Bonchev–Trinajstić information content (AvgIpc) is 2.99. The van der Waals surface area contributed by atoms with E-state index >= 15 is 0 Å². The third-order valence-electron chi connectivity index (χ3n) is 3.51. The fourth-order valence-electron chi connectivity index (χ4n) is 1.96. The Morgan fingerprint density at radius 2 is 1.83 bits per heavy atom. The van der Waals surface area contributed by atoms with Crippen LogP contribution in [0.4, 0.5) is 0 Å². The monoisotopic (exact) mass is 264 g/mol. The van der Waals surface area contributed by atoms with Crippen LogP contribution in [0.1, 0.15) is 51.2 Å². The molecule has 2 aromatic rings. The van der Waals surface area contributed by atoms with Gasteiger partial charge >= 0.3 is 0 Å². The Kier molecular flexibility index (Phi) is 3.57. The van der Waals surface area contributed by atoms with Gasteiger partial charge in [-0.2, -0.15) is 0 Å². The molecule has 2 heterocycles. The number of nitrogens with zero attached hydrogens (tertiary/aromatic N) is 2. The Morgan fingerprint density at radius 3 is 2.39 bits per heavy atom. The van der Waals surface area contributed by atoms with E-state index < -0.39 is 0 Å². The molecule has 0 amide bonds. The minimum absolute atomic E-state index is 0.0432. The summed E-state index contributed by atoms with van der Waals surface area (Å²) in [6.07, 6.45) is 7.27. The van der Waals surface area contributed by atoms with Crippen molar-refractivity contribution >= 4 is 11.3 Å². The normalized spacial score (nSPS) is 12.9. The molecule has 0 aliphatic rings. The highest BCUT2D eigenvalue weighted by Crippen LogP contribution is 2.35. The molecule has 2 rings (SSSR count). The molecule has 98 valence electrons. The molecule has 4 heteroatoms. The highest BCUT2D eigenvalue weighted by molar-refractivity contribution is 7.09. The smallest absolute Gasteiger partial charge is 0.180 e. The minimum Gasteiger partial charge on any atom is -0.451 e. The Bertz CT molecular complexity index is 426. The topological polar surface area (TPSA) is 38.9 Å². The minimum atomic E-state index is 0.0432. The van der Waals surface area contributed by atoms with Gasteiger partial charge in [0, 0.05) is 22.4 Å². The number of hydrogen-bond acceptors (Lipinski definition) is 4. The van der Waals surface area contributed by atoms with Crippen LogP contribution in [0.15, 0.2) is 28.7 Å². The van der Waals surface area contributed by atoms with Gasteiger partial charge < -0.3 is 4.42 Å². The van der Waals surface area contributed by atoms with Crippen molar-refractivity contribution in [2.45, 2.75) is 51.4 Å². The van der Waals surface area contributed by atoms with Gasteiger partial charge in [-0.15, -0.1) is 11.3 Å². The zero-order chi connectivity index (χ0) is 13.2. The van der Waals surface area contributed by atoms with Crippen LogP contribution in [-0.2, 0) is 10.8 Å². The average molecular weight is 264 g/mol. The maximum absolute atomic E-state index is 5.08. The van der Waals surface area contributed by atoms with E-state index in [-0.39, 0.29) is 10.8 Å². The van der Waals surface area contributed by atoms with Crippen LogP contribution < -0.4 is 0 Å². The molecule has 3 nitrogen and oxygen atoms in total. The summed E-state index contributed by atoms with van der Waals surface area (Å²) in [5.41, 5.74) is 1.19. The van der Waals surface area contributed by atoms with Gasteiger partial charge in [0.15, 0.2) is 6.39 Å². The van der Waals surface area contributed by atoms with Gasteiger partial charge in [0.25, 0.3) is 0 Å². The van der Waals surface area contributed by atoms with Crippen molar-refractivity contribution < 1.29 is 4.42 Å². The second kappa shape index (κ2) is 4.84. The number of rotatable bonds is 5. The molecule has 0 bridgehead atoms. The molecular weight excluding hydrogens is 244 g/mol. The maximum Gasteiger partial charge on any atom is 0.180 e. The van der Waals surface area contributed by atoms with E-state index in [1.807, 2.05) is 11.6 Å². The predicted molar refractivity (Wildman–Crippen MR) is 73.9 cm³/mol. The Balaban J connectivity index is 2.03. The Labute approximate surface area is 112 Å². The van der Waals surface area contributed by atoms with Crippen LogP contribution >= 0.6 is 11.3 Å². The number of hydrogen-bond donors (Lipinski definition) is 0. The van der Waals surface area contributed by atoms with E-state index in [9.17, 15) is 0 Å². The lowest BCUT2D eigenvalue weighted by atomic mass is 9.78. The molecule has 0 saturated heterocycles. The fourth-order valence-corrected chi connectivity index (χ4v) is 2.76. The van der Waals surface area contributed by atoms with Crippen molar-refractivity contribution in [3.8, 4) is 0 Å². The number of aromatic nitrogens is 2. The van der Waals surface area contributed by atoms with Gasteiger partial charge in [-0.1, -0.05) is 27.7 Å². The van der Waals surface area contributed by atoms with E-state index in [2.05, 4.69) is 37.7 Å². The summed E-state index contributed by atoms with van der Waals surface area (Å²) in [4.78, 5) is 8.71. The molecule has 0 N–H and O–H groups in total. The van der Waals surface area contributed by atoms with Crippen molar-refractivity contribution in [1.82, 2.24) is 9.97 Å². The van der Waals surface area contributed by atoms with E-state index in [1.165, 1.54) is 11.4 Å². The van der Waals surface area contributed by atoms with Crippen molar-refractivity contribution in [3.63, 3.8) is 0 Å². The first-order valence-corrected chi connectivity index (χ1v) is 7.08. The lowest BCUT2D eigenvalue weighted by molar-refractivity contribution is 0.367. The molecule has 0 saturated carbocycles. The van der Waals surface area contributed by atoms with Gasteiger partial charge in [0.05, 0.1) is 10.7 Å². The standard InChI is InChI=1S/C14H20N2OS/c1-13(2,11-9-17-10-16-11)5-6-14(3,4)12-15-7-8-18-12/h7-10H,5-6H2,1-4H3. The van der Waals surface area contributed by atoms with Crippen molar-refractivity contribution in [2.75, 3.05) is 0 Å². The van der Waals surface area contributed by atoms with Gasteiger partial charge in [0.2, 0.25) is 0 Å². The van der Waals surface area contributed by atoms with Crippen LogP contribution in [0.5, 0.6) is 0 Å². The van der Waals surface area contributed by atoms with Crippen molar-refractivity contribution in [1.29, 1.82) is 0 Å². The first-order valence-electron chi connectivity index (χ1n) is 6.20. The summed E-state index contributed by atoms with van der Waals surface area (Å²) in [6, 6.07) is 0. The highest BCUT2D eigenvalue weighted by Gasteiger charge is 2.29. The fraction of sp³-hybridized carbons (Fsp3) is 0.571. The molecule has 0 aliphatic heterocycles. The SMILES string of the molecule is CC(C)(CCC(C)(C)c1nccs1)c1cocn1. The quantitative estimate of drug-likeness (QED) is 0.813. The molecule has 0 atom stereocenters. The molecule has 0 aromatic carbocycles. The lowest BCUT2D eigenvalue weighted by Crippen LogP contribution is -2.24. The summed E-state index contributed by atoms with van der Waals surface area (Å²) in [6.45, 7) is 8.93. The van der Waals surface area contributed by atoms with Gasteiger partial charge in [-0.25, -0.2) is 9.97 Å². The predicted octanol–water partition coefficient (Wildman–Crippen LogP) is 4.17. The van der Waals surface area contributed by atoms with Gasteiger partial charge in [-0.05, 0) is 12.8 Å². The largest absolute Gasteiger partial charge is 0.451 e. The molecule has 0 aliphatic carbocycles. The second-order valence-electron chi connectivity index (χ2n) is 5.98. The van der Waals surface area contributed by atoms with E-state index in [1.54, 1.807) is 17.6 Å². The zero-order valence-corrected chi connectivity index (χ0v) is 12.3. The molecule has 0 fully saturated rings. The molecule has 0 radical (unpaired) electrons. The van der Waals surface area contributed by atoms with Crippen LogP contribution in [0.25, 0.3) is 0 Å². The molecule has 2 aromatic heterocycles. The molecule has 18 heavy (non-hydrogen) atoms. The lowest BCUT2D eigenvalue weighted by Gasteiger charge is -2.28. The summed E-state index contributed by atoms with van der Waals surface area (Å²) >= 11 is 1.73.